The predicted molar refractivity (Wildman–Crippen MR) is 93.0 cm³/mol. The molecule has 0 radical (unpaired) electrons. The molecule has 132 valence electrons. The number of hydrogen-bond donors (Lipinski definition) is 0. The van der Waals surface area contributed by atoms with Gasteiger partial charge in [0.05, 0.1) is 0 Å². The molecule has 0 N–H and O–H groups in total. The Kier molecular flexibility index (Phi) is 4.38. The molecule has 0 unspecified atom stereocenters. The maximum atomic E-state index is 12.5. The summed E-state index contributed by atoms with van der Waals surface area (Å²) < 4.78 is 5.01. The Morgan fingerprint density at radius 1 is 1.16 bits per heavy atom. The lowest BCUT2D eigenvalue weighted by atomic mass is 10.1. The fourth-order valence-electron chi connectivity index (χ4n) is 3.71. The van der Waals surface area contributed by atoms with E-state index < -0.39 is 0 Å². The van der Waals surface area contributed by atoms with E-state index in [2.05, 4.69) is 20.0 Å². The molecular weight excluding hydrogens is 318 g/mol. The van der Waals surface area contributed by atoms with Crippen LogP contribution in [-0.4, -0.2) is 52.1 Å². The minimum atomic E-state index is 0.266. The van der Waals surface area contributed by atoms with Crippen molar-refractivity contribution in [2.24, 2.45) is 5.92 Å². The maximum Gasteiger partial charge on any atom is 0.225 e. The van der Waals surface area contributed by atoms with E-state index in [0.717, 1.165) is 50.4 Å². The summed E-state index contributed by atoms with van der Waals surface area (Å²) >= 11 is 0. The second-order valence-electron chi connectivity index (χ2n) is 6.84. The van der Waals surface area contributed by atoms with Crippen LogP contribution in [0.2, 0.25) is 0 Å². The number of carbonyl (C=O) groups is 1. The first-order chi connectivity index (χ1) is 12.2. The molecule has 4 rings (SSSR count). The molecule has 0 spiro atoms. The average molecular weight is 341 g/mol. The van der Waals surface area contributed by atoms with Gasteiger partial charge >= 0.3 is 0 Å². The van der Waals surface area contributed by atoms with Gasteiger partial charge in [-0.2, -0.15) is 4.98 Å². The number of amides is 1. The maximum absolute atomic E-state index is 12.5. The first kappa shape index (κ1) is 16.1. The fourth-order valence-corrected chi connectivity index (χ4v) is 3.71. The number of aromatic nitrogens is 3. The number of aryl methyl sites for hydroxylation is 1. The van der Waals surface area contributed by atoms with Crippen LogP contribution in [0, 0.1) is 12.8 Å². The Morgan fingerprint density at radius 3 is 2.52 bits per heavy atom. The highest BCUT2D eigenvalue weighted by Gasteiger charge is 2.29. The molecule has 2 aliphatic rings. The lowest BCUT2D eigenvalue weighted by molar-refractivity contribution is -0.135. The van der Waals surface area contributed by atoms with Crippen LogP contribution >= 0.6 is 0 Å². The highest BCUT2D eigenvalue weighted by molar-refractivity contribution is 5.79. The Bertz CT molecular complexity index is 728. The van der Waals surface area contributed by atoms with Crippen molar-refractivity contribution in [2.75, 3.05) is 31.1 Å². The first-order valence-corrected chi connectivity index (χ1v) is 9.01. The molecule has 7 nitrogen and oxygen atoms in total. The molecule has 1 aliphatic carbocycles. The van der Waals surface area contributed by atoms with Gasteiger partial charge in [0.1, 0.15) is 5.82 Å². The summed E-state index contributed by atoms with van der Waals surface area (Å²) in [6.45, 7) is 4.98. The molecule has 2 aromatic heterocycles. The number of rotatable bonds is 3. The molecular formula is C18H23N5O2. The Hall–Kier alpha value is -2.44. The average Bonchev–Trinajstić information content (AvgIpc) is 3.33. The molecule has 2 fully saturated rings. The Labute approximate surface area is 147 Å². The Balaban J connectivity index is 1.36. The minimum Gasteiger partial charge on any atom is -0.353 e. The van der Waals surface area contributed by atoms with Gasteiger partial charge in [0, 0.05) is 50.8 Å². The highest BCUT2D eigenvalue weighted by Crippen LogP contribution is 2.27. The van der Waals surface area contributed by atoms with Gasteiger partial charge in [-0.3, -0.25) is 4.79 Å². The number of carbonyl (C=O) groups excluding carboxylic acids is 1. The number of anilines is 1. The number of nitrogens with zero attached hydrogens (tertiary/aromatic N) is 5. The van der Waals surface area contributed by atoms with Crippen LogP contribution in [0.25, 0.3) is 11.4 Å². The summed E-state index contributed by atoms with van der Waals surface area (Å²) in [4.78, 5) is 25.5. The van der Waals surface area contributed by atoms with Crippen molar-refractivity contribution in [3.8, 4) is 11.4 Å². The van der Waals surface area contributed by atoms with E-state index >= 15 is 0 Å². The predicted octanol–water partition coefficient (Wildman–Crippen LogP) is 2.28. The van der Waals surface area contributed by atoms with E-state index in [1.165, 1.54) is 12.8 Å². The normalized spacial score (nSPS) is 18.8. The highest BCUT2D eigenvalue weighted by atomic mass is 16.5. The van der Waals surface area contributed by atoms with Gasteiger partial charge in [-0.15, -0.1) is 0 Å². The van der Waals surface area contributed by atoms with Gasteiger partial charge in [-0.1, -0.05) is 18.0 Å². The standard InChI is InChI=1S/C18H23N5O2/c1-13-20-17(21-25-13)15-6-7-16(19-12-15)22-8-10-23(11-9-22)18(24)14-4-2-3-5-14/h6-7,12,14H,2-5,8-11H2,1H3. The van der Waals surface area contributed by atoms with Gasteiger partial charge in [0.15, 0.2) is 0 Å². The fraction of sp³-hybridized carbons (Fsp3) is 0.556. The molecule has 0 aromatic carbocycles. The molecule has 1 saturated carbocycles. The molecule has 1 aliphatic heterocycles. The zero-order chi connectivity index (χ0) is 17.2. The van der Waals surface area contributed by atoms with Crippen molar-refractivity contribution in [1.29, 1.82) is 0 Å². The van der Waals surface area contributed by atoms with Gasteiger partial charge in [-0.05, 0) is 25.0 Å². The lowest BCUT2D eigenvalue weighted by Gasteiger charge is -2.36. The van der Waals surface area contributed by atoms with Crippen LogP contribution in [0.3, 0.4) is 0 Å². The van der Waals surface area contributed by atoms with Crippen molar-refractivity contribution >= 4 is 11.7 Å². The smallest absolute Gasteiger partial charge is 0.225 e. The number of piperazine rings is 1. The van der Waals surface area contributed by atoms with Crippen LogP contribution in [0.15, 0.2) is 22.9 Å². The molecule has 7 heteroatoms. The monoisotopic (exact) mass is 341 g/mol. The Morgan fingerprint density at radius 2 is 1.92 bits per heavy atom. The quantitative estimate of drug-likeness (QED) is 0.852. The number of pyridine rings is 1. The molecule has 2 aromatic rings. The molecule has 1 saturated heterocycles. The van der Waals surface area contributed by atoms with Crippen LogP contribution < -0.4 is 4.90 Å². The van der Waals surface area contributed by atoms with E-state index in [1.807, 2.05) is 17.0 Å². The second kappa shape index (κ2) is 6.82. The van der Waals surface area contributed by atoms with E-state index in [4.69, 9.17) is 4.52 Å². The van der Waals surface area contributed by atoms with E-state index in [0.29, 0.717) is 17.6 Å². The first-order valence-electron chi connectivity index (χ1n) is 9.01. The molecule has 0 atom stereocenters. The molecule has 0 bridgehead atoms. The van der Waals surface area contributed by atoms with E-state index in [-0.39, 0.29) is 5.92 Å². The number of hydrogen-bond acceptors (Lipinski definition) is 6. The summed E-state index contributed by atoms with van der Waals surface area (Å²) in [7, 11) is 0. The van der Waals surface area contributed by atoms with E-state index in [1.54, 1.807) is 13.1 Å². The molecule has 1 amide bonds. The van der Waals surface area contributed by atoms with Crippen molar-refractivity contribution < 1.29 is 9.32 Å². The third-order valence-corrected chi connectivity index (χ3v) is 5.15. The lowest BCUT2D eigenvalue weighted by Crippen LogP contribution is -2.50. The van der Waals surface area contributed by atoms with Gasteiger partial charge in [0.2, 0.25) is 17.6 Å². The van der Waals surface area contributed by atoms with Gasteiger partial charge < -0.3 is 14.3 Å². The van der Waals surface area contributed by atoms with Crippen molar-refractivity contribution in [3.05, 3.63) is 24.2 Å². The van der Waals surface area contributed by atoms with E-state index in [9.17, 15) is 4.79 Å². The van der Waals surface area contributed by atoms with Crippen LogP contribution in [0.4, 0.5) is 5.82 Å². The SMILES string of the molecule is Cc1nc(-c2ccc(N3CCN(C(=O)C4CCCC4)CC3)nc2)no1. The molecule has 25 heavy (non-hydrogen) atoms. The van der Waals surface area contributed by atoms with Crippen LogP contribution in [0.1, 0.15) is 31.6 Å². The zero-order valence-electron chi connectivity index (χ0n) is 14.5. The van der Waals surface area contributed by atoms with Crippen LogP contribution in [-0.2, 0) is 4.79 Å². The summed E-state index contributed by atoms with van der Waals surface area (Å²) in [5.74, 6) is 2.65. The largest absolute Gasteiger partial charge is 0.353 e. The summed E-state index contributed by atoms with van der Waals surface area (Å²) in [5, 5.41) is 3.91. The van der Waals surface area contributed by atoms with Crippen molar-refractivity contribution in [2.45, 2.75) is 32.6 Å². The molecule has 3 heterocycles. The second-order valence-corrected chi connectivity index (χ2v) is 6.84. The summed E-state index contributed by atoms with van der Waals surface area (Å²) in [6, 6.07) is 3.94. The zero-order valence-corrected chi connectivity index (χ0v) is 14.5. The summed E-state index contributed by atoms with van der Waals surface area (Å²) in [6.07, 6.45) is 6.31. The van der Waals surface area contributed by atoms with Crippen LogP contribution in [0.5, 0.6) is 0 Å². The summed E-state index contributed by atoms with van der Waals surface area (Å²) in [5.41, 5.74) is 0.843. The third-order valence-electron chi connectivity index (χ3n) is 5.15. The minimum absolute atomic E-state index is 0.266. The van der Waals surface area contributed by atoms with Gasteiger partial charge in [0.25, 0.3) is 0 Å². The van der Waals surface area contributed by atoms with Crippen molar-refractivity contribution in [3.63, 3.8) is 0 Å². The van der Waals surface area contributed by atoms with Crippen molar-refractivity contribution in [1.82, 2.24) is 20.0 Å². The van der Waals surface area contributed by atoms with Gasteiger partial charge in [-0.25, -0.2) is 4.98 Å². The third kappa shape index (κ3) is 3.36. The topological polar surface area (TPSA) is 75.4 Å².